The molecule has 0 aliphatic rings. The fraction of sp³-hybridized carbons (Fsp3) is 0.118. The van der Waals surface area contributed by atoms with Crippen molar-refractivity contribution in [3.8, 4) is 16.9 Å². The monoisotopic (exact) mass is 339 g/mol. The van der Waals surface area contributed by atoms with Gasteiger partial charge in [-0.3, -0.25) is 5.10 Å². The quantitative estimate of drug-likeness (QED) is 0.532. The Morgan fingerprint density at radius 3 is 2.54 bits per heavy atom. The van der Waals surface area contributed by atoms with E-state index in [1.165, 1.54) is 0 Å². The number of halogens is 1. The van der Waals surface area contributed by atoms with Crippen molar-refractivity contribution in [2.24, 2.45) is 0 Å². The molecule has 0 saturated carbocycles. The van der Waals surface area contributed by atoms with Crippen LogP contribution < -0.4 is 10.1 Å². The molecule has 2 heterocycles. The van der Waals surface area contributed by atoms with Gasteiger partial charge in [-0.15, -0.1) is 0 Å². The van der Waals surface area contributed by atoms with Gasteiger partial charge in [0.1, 0.15) is 16.7 Å². The number of nitrogens with zero attached hydrogens (tertiary/aromatic N) is 3. The Labute approximate surface area is 144 Å². The number of aryl methyl sites for hydroxylation is 1. The molecule has 0 aliphatic heterocycles. The lowest BCUT2D eigenvalue weighted by Gasteiger charge is -2.10. The molecular weight excluding hydrogens is 326 g/mol. The number of benzene rings is 1. The molecule has 0 radical (unpaired) electrons. The van der Waals surface area contributed by atoms with Crippen LogP contribution in [0.15, 0.2) is 36.4 Å². The summed E-state index contributed by atoms with van der Waals surface area (Å²) in [5.41, 5.74) is 2.79. The maximum atomic E-state index is 7.39. The fourth-order valence-corrected chi connectivity index (χ4v) is 2.52. The third-order valence-electron chi connectivity index (χ3n) is 3.43. The first-order valence-corrected chi connectivity index (χ1v) is 7.50. The summed E-state index contributed by atoms with van der Waals surface area (Å²) in [5.74, 6) is 1.89. The maximum absolute atomic E-state index is 7.39. The lowest BCUT2D eigenvalue weighted by Crippen LogP contribution is -1.95. The predicted octanol–water partition coefficient (Wildman–Crippen LogP) is 4.74. The average molecular weight is 340 g/mol. The largest absolute Gasteiger partial charge is 0.497 e. The lowest BCUT2D eigenvalue weighted by atomic mass is 10.1. The minimum Gasteiger partial charge on any atom is -0.497 e. The normalized spacial score (nSPS) is 10.2. The van der Waals surface area contributed by atoms with Crippen molar-refractivity contribution >= 4 is 28.9 Å². The number of methoxy groups -OCH3 is 1. The van der Waals surface area contributed by atoms with Crippen molar-refractivity contribution in [3.05, 3.63) is 58.7 Å². The van der Waals surface area contributed by atoms with Gasteiger partial charge in [0.15, 0.2) is 5.82 Å². The lowest BCUT2D eigenvalue weighted by molar-refractivity contribution is 0.415. The highest BCUT2D eigenvalue weighted by atomic mass is 35.5. The van der Waals surface area contributed by atoms with Crippen molar-refractivity contribution in [2.45, 2.75) is 6.92 Å². The van der Waals surface area contributed by atoms with Crippen LogP contribution in [-0.4, -0.2) is 22.3 Å². The fourth-order valence-electron chi connectivity index (χ4n) is 2.28. The summed E-state index contributed by atoms with van der Waals surface area (Å²) >= 11 is 6.20. The molecule has 2 aromatic heterocycles. The number of pyridine rings is 1. The molecule has 6 nitrogen and oxygen atoms in total. The minimum absolute atomic E-state index is 0.146. The molecular formula is C17H14ClN5O. The first kappa shape index (κ1) is 15.8. The Morgan fingerprint density at radius 2 is 1.96 bits per heavy atom. The summed E-state index contributed by atoms with van der Waals surface area (Å²) in [5, 5.41) is 10.2. The third kappa shape index (κ3) is 3.16. The Kier molecular flexibility index (Phi) is 4.36. The smallest absolute Gasteiger partial charge is 0.231 e. The highest BCUT2D eigenvalue weighted by Gasteiger charge is 2.14. The molecule has 2 N–H and O–H groups in total. The third-order valence-corrected chi connectivity index (χ3v) is 3.69. The van der Waals surface area contributed by atoms with Crippen LogP contribution in [0.3, 0.4) is 0 Å². The van der Waals surface area contributed by atoms with Crippen LogP contribution in [0.2, 0.25) is 5.15 Å². The van der Waals surface area contributed by atoms with E-state index in [9.17, 15) is 0 Å². The van der Waals surface area contributed by atoms with E-state index in [1.807, 2.05) is 37.3 Å². The van der Waals surface area contributed by atoms with Crippen LogP contribution in [0.1, 0.15) is 5.69 Å². The highest BCUT2D eigenvalue weighted by molar-refractivity contribution is 6.33. The van der Waals surface area contributed by atoms with Gasteiger partial charge in [0.2, 0.25) is 5.69 Å². The topological polar surface area (TPSA) is 67.2 Å². The molecule has 0 unspecified atom stereocenters. The van der Waals surface area contributed by atoms with E-state index in [2.05, 4.69) is 25.3 Å². The number of aromatic nitrogens is 3. The number of hydrogen-bond acceptors (Lipinski definition) is 4. The Balaban J connectivity index is 2.04. The number of hydrogen-bond donors (Lipinski definition) is 2. The number of anilines is 2. The Hall–Kier alpha value is -3.04. The molecule has 3 rings (SSSR count). The van der Waals surface area contributed by atoms with Gasteiger partial charge in [-0.25, -0.2) is 9.83 Å². The van der Waals surface area contributed by atoms with E-state index < -0.39 is 0 Å². The van der Waals surface area contributed by atoms with E-state index in [0.29, 0.717) is 22.9 Å². The highest BCUT2D eigenvalue weighted by Crippen LogP contribution is 2.38. The van der Waals surface area contributed by atoms with Gasteiger partial charge in [0.05, 0.1) is 13.7 Å². The molecule has 3 aromatic rings. The summed E-state index contributed by atoms with van der Waals surface area (Å²) in [6, 6.07) is 11.1. The molecule has 0 aliphatic carbocycles. The summed E-state index contributed by atoms with van der Waals surface area (Å²) in [6.07, 6.45) is 0. The van der Waals surface area contributed by atoms with Crippen LogP contribution in [0.4, 0.5) is 17.3 Å². The van der Waals surface area contributed by atoms with Gasteiger partial charge in [-0.05, 0) is 36.2 Å². The van der Waals surface area contributed by atoms with Crippen LogP contribution in [-0.2, 0) is 0 Å². The van der Waals surface area contributed by atoms with Crippen molar-refractivity contribution in [1.82, 2.24) is 15.2 Å². The zero-order valence-electron chi connectivity index (χ0n) is 13.1. The summed E-state index contributed by atoms with van der Waals surface area (Å²) in [6.45, 7) is 9.29. The SMILES string of the molecule is [C-]#[N+]c1c(-c2ccc(OC)cc2)cc(Nc2cc(C)[nH]n2)nc1Cl. The number of aromatic amines is 1. The first-order chi connectivity index (χ1) is 11.6. The van der Waals surface area contributed by atoms with Crippen LogP contribution in [0.25, 0.3) is 16.0 Å². The second-order valence-electron chi connectivity index (χ2n) is 5.10. The molecule has 0 atom stereocenters. The molecule has 0 amide bonds. The van der Waals surface area contributed by atoms with E-state index in [4.69, 9.17) is 22.9 Å². The van der Waals surface area contributed by atoms with E-state index in [-0.39, 0.29) is 5.15 Å². The second kappa shape index (κ2) is 6.60. The number of ether oxygens (including phenoxy) is 1. The predicted molar refractivity (Wildman–Crippen MR) is 94.1 cm³/mol. The second-order valence-corrected chi connectivity index (χ2v) is 5.45. The van der Waals surface area contributed by atoms with Gasteiger partial charge < -0.3 is 10.1 Å². The molecule has 7 heteroatoms. The van der Waals surface area contributed by atoms with Crippen molar-refractivity contribution < 1.29 is 4.74 Å². The summed E-state index contributed by atoms with van der Waals surface area (Å²) in [7, 11) is 1.61. The van der Waals surface area contributed by atoms with Gasteiger partial charge in [-0.2, -0.15) is 5.10 Å². The van der Waals surface area contributed by atoms with Crippen molar-refractivity contribution in [3.63, 3.8) is 0 Å². The van der Waals surface area contributed by atoms with E-state index >= 15 is 0 Å². The van der Waals surface area contributed by atoms with E-state index in [0.717, 1.165) is 17.0 Å². The maximum Gasteiger partial charge on any atom is 0.231 e. The first-order valence-electron chi connectivity index (χ1n) is 7.12. The van der Waals surface area contributed by atoms with Crippen LogP contribution in [0.5, 0.6) is 5.75 Å². The molecule has 120 valence electrons. The van der Waals surface area contributed by atoms with Gasteiger partial charge in [-0.1, -0.05) is 23.7 Å². The Bertz CT molecular complexity index is 912. The van der Waals surface area contributed by atoms with Gasteiger partial charge >= 0.3 is 0 Å². The summed E-state index contributed by atoms with van der Waals surface area (Å²) < 4.78 is 5.17. The minimum atomic E-state index is 0.146. The zero-order chi connectivity index (χ0) is 17.1. The number of nitrogens with one attached hydrogen (secondary N) is 2. The molecule has 0 spiro atoms. The van der Waals surface area contributed by atoms with Gasteiger partial charge in [0.25, 0.3) is 0 Å². The zero-order valence-corrected chi connectivity index (χ0v) is 13.8. The molecule has 1 aromatic carbocycles. The molecule has 0 fully saturated rings. The molecule has 0 bridgehead atoms. The molecule has 0 saturated heterocycles. The number of H-pyrrole nitrogens is 1. The standard InChI is InChI=1S/C17H14ClN5O/c1-10-8-15(23-22-10)20-14-9-13(16(19-2)17(18)21-14)11-4-6-12(24-3)7-5-11/h4-9H,1,3H3,(H2,20,21,22,23). The molecule has 24 heavy (non-hydrogen) atoms. The van der Waals surface area contributed by atoms with Crippen molar-refractivity contribution in [1.29, 1.82) is 0 Å². The van der Waals surface area contributed by atoms with Crippen LogP contribution in [0, 0.1) is 13.5 Å². The Morgan fingerprint density at radius 1 is 1.21 bits per heavy atom. The van der Waals surface area contributed by atoms with Crippen molar-refractivity contribution in [2.75, 3.05) is 12.4 Å². The van der Waals surface area contributed by atoms with E-state index in [1.54, 1.807) is 13.2 Å². The average Bonchev–Trinajstić information content (AvgIpc) is 2.99. The number of rotatable bonds is 4. The van der Waals surface area contributed by atoms with Gasteiger partial charge in [0, 0.05) is 11.8 Å². The van der Waals surface area contributed by atoms with Crippen LogP contribution >= 0.6 is 11.6 Å². The summed E-state index contributed by atoms with van der Waals surface area (Å²) in [4.78, 5) is 7.75.